The summed E-state index contributed by atoms with van der Waals surface area (Å²) >= 11 is 13.2. The average molecular weight is 317 g/mol. The molecule has 0 N–H and O–H groups in total. The van der Waals surface area contributed by atoms with Gasteiger partial charge in [0.05, 0.1) is 0 Å². The lowest BCUT2D eigenvalue weighted by molar-refractivity contribution is 0.637. The van der Waals surface area contributed by atoms with E-state index in [2.05, 4.69) is 24.8 Å². The van der Waals surface area contributed by atoms with Gasteiger partial charge >= 0.3 is 0 Å². The molecule has 0 aromatic carbocycles. The second kappa shape index (κ2) is 5.44. The van der Waals surface area contributed by atoms with Crippen molar-refractivity contribution in [1.29, 1.82) is 0 Å². The van der Waals surface area contributed by atoms with E-state index in [9.17, 15) is 0 Å². The number of anilines is 2. The molecular weight excluding hydrogens is 307 g/mol. The van der Waals surface area contributed by atoms with E-state index < -0.39 is 0 Å². The fourth-order valence-electron chi connectivity index (χ4n) is 1.93. The molecule has 0 unspecified atom stereocenters. The summed E-state index contributed by atoms with van der Waals surface area (Å²) in [5.74, 6) is 0.531. The van der Waals surface area contributed by atoms with Crippen molar-refractivity contribution in [2.45, 2.75) is 0 Å². The molecule has 0 atom stereocenters. The summed E-state index contributed by atoms with van der Waals surface area (Å²) in [6, 6.07) is 0. The Labute approximate surface area is 124 Å². The lowest BCUT2D eigenvalue weighted by Crippen LogP contribution is -2.47. The Kier molecular flexibility index (Phi) is 3.67. The Bertz CT molecular complexity index is 535. The van der Waals surface area contributed by atoms with Crippen molar-refractivity contribution in [3.63, 3.8) is 0 Å². The predicted molar refractivity (Wildman–Crippen MR) is 76.4 cm³/mol. The Morgan fingerprint density at radius 1 is 0.947 bits per heavy atom. The molecule has 3 heterocycles. The molecule has 100 valence electrons. The van der Waals surface area contributed by atoms with E-state index in [-0.39, 0.29) is 10.6 Å². The zero-order chi connectivity index (χ0) is 13.2. The quantitative estimate of drug-likeness (QED) is 0.844. The molecule has 0 aliphatic carbocycles. The zero-order valence-electron chi connectivity index (χ0n) is 9.83. The fourth-order valence-corrected chi connectivity index (χ4v) is 2.98. The van der Waals surface area contributed by atoms with Gasteiger partial charge in [-0.3, -0.25) is 0 Å². The highest BCUT2D eigenvalue weighted by Gasteiger charge is 2.21. The molecule has 9 heteroatoms. The standard InChI is InChI=1S/C10H10Cl2N6S/c11-7-14-8(12)16-9(15-7)17-2-4-18(5-3-17)10-13-1-6-19-10/h1,6H,2-5H2. The molecule has 0 radical (unpaired) electrons. The van der Waals surface area contributed by atoms with E-state index in [0.717, 1.165) is 31.3 Å². The van der Waals surface area contributed by atoms with Gasteiger partial charge in [0.1, 0.15) is 0 Å². The lowest BCUT2D eigenvalue weighted by atomic mass is 10.3. The van der Waals surface area contributed by atoms with Crippen LogP contribution in [0.3, 0.4) is 0 Å². The first-order chi connectivity index (χ1) is 9.22. The Morgan fingerprint density at radius 2 is 1.58 bits per heavy atom. The van der Waals surface area contributed by atoms with E-state index in [1.807, 2.05) is 16.5 Å². The molecule has 0 amide bonds. The van der Waals surface area contributed by atoms with E-state index in [0.29, 0.717) is 5.95 Å². The summed E-state index contributed by atoms with van der Waals surface area (Å²) in [7, 11) is 0. The van der Waals surface area contributed by atoms with Crippen molar-refractivity contribution in [3.8, 4) is 0 Å². The van der Waals surface area contributed by atoms with Crippen LogP contribution >= 0.6 is 34.5 Å². The van der Waals surface area contributed by atoms with Crippen molar-refractivity contribution in [3.05, 3.63) is 22.1 Å². The number of halogens is 2. The van der Waals surface area contributed by atoms with E-state index in [1.54, 1.807) is 11.3 Å². The van der Waals surface area contributed by atoms with Gasteiger partial charge < -0.3 is 9.80 Å². The number of rotatable bonds is 2. The van der Waals surface area contributed by atoms with Crippen LogP contribution in [0.2, 0.25) is 10.6 Å². The number of hydrogen-bond donors (Lipinski definition) is 0. The average Bonchev–Trinajstić information content (AvgIpc) is 2.91. The summed E-state index contributed by atoms with van der Waals surface area (Å²) in [5, 5.41) is 3.27. The number of nitrogens with zero attached hydrogens (tertiary/aromatic N) is 6. The summed E-state index contributed by atoms with van der Waals surface area (Å²) in [6.45, 7) is 3.34. The summed E-state index contributed by atoms with van der Waals surface area (Å²) in [6.07, 6.45) is 1.82. The topological polar surface area (TPSA) is 58.0 Å². The van der Waals surface area contributed by atoms with Crippen LogP contribution in [0.4, 0.5) is 11.1 Å². The molecule has 0 saturated carbocycles. The van der Waals surface area contributed by atoms with Crippen LogP contribution < -0.4 is 9.80 Å². The van der Waals surface area contributed by atoms with Gasteiger partial charge in [-0.15, -0.1) is 11.3 Å². The minimum Gasteiger partial charge on any atom is -0.345 e. The highest BCUT2D eigenvalue weighted by molar-refractivity contribution is 7.13. The minimum atomic E-state index is 0.123. The van der Waals surface area contributed by atoms with Crippen molar-refractivity contribution < 1.29 is 0 Å². The van der Waals surface area contributed by atoms with Gasteiger partial charge in [0, 0.05) is 37.8 Å². The van der Waals surface area contributed by atoms with Gasteiger partial charge in [-0.2, -0.15) is 15.0 Å². The van der Waals surface area contributed by atoms with Gasteiger partial charge in [0.2, 0.25) is 16.5 Å². The molecule has 0 spiro atoms. The van der Waals surface area contributed by atoms with Gasteiger partial charge in [-0.05, 0) is 23.2 Å². The molecule has 2 aromatic rings. The largest absolute Gasteiger partial charge is 0.345 e. The molecule has 1 aliphatic heterocycles. The molecule has 6 nitrogen and oxygen atoms in total. The highest BCUT2D eigenvalue weighted by atomic mass is 35.5. The molecule has 19 heavy (non-hydrogen) atoms. The third-order valence-corrected chi connectivity index (χ3v) is 3.99. The fraction of sp³-hybridized carbons (Fsp3) is 0.400. The monoisotopic (exact) mass is 316 g/mol. The Hall–Kier alpha value is -1.18. The van der Waals surface area contributed by atoms with Crippen LogP contribution in [-0.4, -0.2) is 46.1 Å². The summed E-state index contributed by atoms with van der Waals surface area (Å²) in [5.41, 5.74) is 0. The summed E-state index contributed by atoms with van der Waals surface area (Å²) in [4.78, 5) is 20.5. The molecule has 3 rings (SSSR count). The first kappa shape index (κ1) is 12.8. The maximum Gasteiger partial charge on any atom is 0.231 e. The number of aromatic nitrogens is 4. The maximum absolute atomic E-state index is 5.79. The molecular formula is C10H10Cl2N6S. The van der Waals surface area contributed by atoms with Crippen LogP contribution in [0, 0.1) is 0 Å². The van der Waals surface area contributed by atoms with Gasteiger partial charge in [0.25, 0.3) is 0 Å². The zero-order valence-corrected chi connectivity index (χ0v) is 12.2. The van der Waals surface area contributed by atoms with Gasteiger partial charge in [0.15, 0.2) is 5.13 Å². The van der Waals surface area contributed by atoms with E-state index in [4.69, 9.17) is 23.2 Å². The molecule has 0 bridgehead atoms. The minimum absolute atomic E-state index is 0.123. The number of piperazine rings is 1. The lowest BCUT2D eigenvalue weighted by Gasteiger charge is -2.34. The van der Waals surface area contributed by atoms with Gasteiger partial charge in [-0.1, -0.05) is 0 Å². The van der Waals surface area contributed by atoms with Crippen LogP contribution in [0.25, 0.3) is 0 Å². The molecule has 1 fully saturated rings. The van der Waals surface area contributed by atoms with Crippen molar-refractivity contribution in [1.82, 2.24) is 19.9 Å². The normalized spacial score (nSPS) is 15.9. The third-order valence-electron chi connectivity index (χ3n) is 2.82. The van der Waals surface area contributed by atoms with Crippen molar-refractivity contribution >= 4 is 45.6 Å². The Balaban J connectivity index is 1.70. The van der Waals surface area contributed by atoms with Crippen molar-refractivity contribution in [2.24, 2.45) is 0 Å². The number of hydrogen-bond acceptors (Lipinski definition) is 7. The van der Waals surface area contributed by atoms with E-state index in [1.165, 1.54) is 0 Å². The second-order valence-corrected chi connectivity index (χ2v) is 5.51. The maximum atomic E-state index is 5.79. The molecule has 1 saturated heterocycles. The third kappa shape index (κ3) is 2.88. The summed E-state index contributed by atoms with van der Waals surface area (Å²) < 4.78 is 0. The van der Waals surface area contributed by atoms with Crippen LogP contribution in [0.5, 0.6) is 0 Å². The van der Waals surface area contributed by atoms with Crippen LogP contribution in [0.15, 0.2) is 11.6 Å². The SMILES string of the molecule is Clc1nc(Cl)nc(N2CCN(c3nccs3)CC2)n1. The van der Waals surface area contributed by atoms with E-state index >= 15 is 0 Å². The highest BCUT2D eigenvalue weighted by Crippen LogP contribution is 2.21. The predicted octanol–water partition coefficient (Wildman–Crippen LogP) is 1.96. The van der Waals surface area contributed by atoms with Crippen LogP contribution in [-0.2, 0) is 0 Å². The number of thiazole rings is 1. The first-order valence-electron chi connectivity index (χ1n) is 5.69. The molecule has 2 aromatic heterocycles. The first-order valence-corrected chi connectivity index (χ1v) is 7.32. The van der Waals surface area contributed by atoms with Crippen LogP contribution in [0.1, 0.15) is 0 Å². The molecule has 1 aliphatic rings. The Morgan fingerprint density at radius 3 is 2.16 bits per heavy atom. The van der Waals surface area contributed by atoms with Gasteiger partial charge in [-0.25, -0.2) is 4.98 Å². The second-order valence-electron chi connectivity index (χ2n) is 3.96. The van der Waals surface area contributed by atoms with Crippen molar-refractivity contribution in [2.75, 3.05) is 36.0 Å². The smallest absolute Gasteiger partial charge is 0.231 e.